The number of aryl methyl sites for hydroxylation is 1. The molecule has 0 fully saturated rings. The first-order valence-electron chi connectivity index (χ1n) is 9.07. The van der Waals surface area contributed by atoms with Gasteiger partial charge in [0.2, 0.25) is 0 Å². The number of hydrogen-bond acceptors (Lipinski definition) is 4. The molecule has 3 aromatic carbocycles. The molecule has 0 saturated carbocycles. The molecule has 1 heterocycles. The Morgan fingerprint density at radius 2 is 1.59 bits per heavy atom. The number of fused-ring (bicyclic) bond motifs is 1. The number of benzene rings is 3. The van der Waals surface area contributed by atoms with E-state index in [1.54, 1.807) is 37.4 Å². The second-order valence-electron chi connectivity index (χ2n) is 6.65. The number of pyridine rings is 1. The van der Waals surface area contributed by atoms with Crippen molar-refractivity contribution in [3.05, 3.63) is 88.9 Å². The number of rotatable bonds is 4. The predicted molar refractivity (Wildman–Crippen MR) is 115 cm³/mol. The highest BCUT2D eigenvalue weighted by Crippen LogP contribution is 2.28. The lowest BCUT2D eigenvalue weighted by Gasteiger charge is -2.11. The molecule has 0 bridgehead atoms. The van der Waals surface area contributed by atoms with Crippen LogP contribution in [-0.2, 0) is 0 Å². The molecule has 0 saturated heterocycles. The summed E-state index contributed by atoms with van der Waals surface area (Å²) in [6.45, 7) is 1.98. The van der Waals surface area contributed by atoms with Crippen molar-refractivity contribution >= 4 is 28.5 Å². The van der Waals surface area contributed by atoms with Crippen LogP contribution in [0.3, 0.4) is 0 Å². The second-order valence-corrected chi connectivity index (χ2v) is 7.08. The van der Waals surface area contributed by atoms with Crippen LogP contribution < -0.4 is 9.47 Å². The van der Waals surface area contributed by atoms with E-state index in [1.165, 1.54) is 0 Å². The van der Waals surface area contributed by atoms with Crippen LogP contribution in [0.5, 0.6) is 11.5 Å². The summed E-state index contributed by atoms with van der Waals surface area (Å²) < 4.78 is 10.8. The van der Waals surface area contributed by atoms with Gasteiger partial charge >= 0.3 is 5.97 Å². The average molecular weight is 404 g/mol. The molecule has 0 N–H and O–H groups in total. The monoisotopic (exact) mass is 403 g/mol. The van der Waals surface area contributed by atoms with Crippen molar-refractivity contribution in [2.24, 2.45) is 0 Å². The summed E-state index contributed by atoms with van der Waals surface area (Å²) >= 11 is 5.91. The van der Waals surface area contributed by atoms with Crippen LogP contribution in [0.15, 0.2) is 72.8 Å². The van der Waals surface area contributed by atoms with E-state index < -0.39 is 5.97 Å². The Labute approximate surface area is 173 Å². The van der Waals surface area contributed by atoms with Crippen LogP contribution in [0.4, 0.5) is 0 Å². The van der Waals surface area contributed by atoms with Crippen LogP contribution in [0, 0.1) is 6.92 Å². The molecule has 0 aliphatic carbocycles. The molecule has 0 unspecified atom stereocenters. The standard InChI is InChI=1S/C24H18ClNO3/c1-15-3-12-22-20(13-15)21(24(27)29-19-10-6-17(25)7-11-19)14-23(26-22)16-4-8-18(28-2)9-5-16/h3-14H,1-2H3. The van der Waals surface area contributed by atoms with E-state index in [0.29, 0.717) is 22.0 Å². The number of nitrogens with zero attached hydrogens (tertiary/aromatic N) is 1. The number of halogens is 1. The van der Waals surface area contributed by atoms with Crippen molar-refractivity contribution in [2.45, 2.75) is 6.92 Å². The normalized spacial score (nSPS) is 10.7. The molecular formula is C24H18ClNO3. The van der Waals surface area contributed by atoms with Gasteiger partial charge in [0.25, 0.3) is 0 Å². The van der Waals surface area contributed by atoms with E-state index in [2.05, 4.69) is 0 Å². The Morgan fingerprint density at radius 3 is 2.28 bits per heavy atom. The van der Waals surface area contributed by atoms with E-state index in [-0.39, 0.29) is 0 Å². The number of esters is 1. The lowest BCUT2D eigenvalue weighted by Crippen LogP contribution is -2.10. The van der Waals surface area contributed by atoms with Crippen LogP contribution in [0.2, 0.25) is 5.02 Å². The smallest absolute Gasteiger partial charge is 0.344 e. The van der Waals surface area contributed by atoms with Gasteiger partial charge in [0.1, 0.15) is 11.5 Å². The Hall–Kier alpha value is -3.37. The lowest BCUT2D eigenvalue weighted by atomic mass is 10.0. The van der Waals surface area contributed by atoms with Gasteiger partial charge in [-0.1, -0.05) is 23.2 Å². The van der Waals surface area contributed by atoms with Crippen LogP contribution in [-0.4, -0.2) is 18.1 Å². The van der Waals surface area contributed by atoms with Crippen molar-refractivity contribution in [1.82, 2.24) is 4.98 Å². The third-order valence-electron chi connectivity index (χ3n) is 4.59. The van der Waals surface area contributed by atoms with Gasteiger partial charge < -0.3 is 9.47 Å². The number of methoxy groups -OCH3 is 1. The molecule has 0 radical (unpaired) electrons. The zero-order valence-corrected chi connectivity index (χ0v) is 16.7. The summed E-state index contributed by atoms with van der Waals surface area (Å²) in [5.41, 5.74) is 3.80. The Kier molecular flexibility index (Phi) is 5.19. The van der Waals surface area contributed by atoms with E-state index in [0.717, 1.165) is 27.8 Å². The topological polar surface area (TPSA) is 48.4 Å². The van der Waals surface area contributed by atoms with Crippen molar-refractivity contribution in [3.8, 4) is 22.8 Å². The summed E-state index contributed by atoms with van der Waals surface area (Å²) in [4.78, 5) is 17.7. The maximum atomic E-state index is 13.0. The largest absolute Gasteiger partial charge is 0.497 e. The fraction of sp³-hybridized carbons (Fsp3) is 0.0833. The van der Waals surface area contributed by atoms with Gasteiger partial charge in [0.05, 0.1) is 23.9 Å². The number of carbonyl (C=O) groups is 1. The Morgan fingerprint density at radius 1 is 0.897 bits per heavy atom. The van der Waals surface area contributed by atoms with Crippen molar-refractivity contribution in [2.75, 3.05) is 7.11 Å². The first-order chi connectivity index (χ1) is 14.0. The van der Waals surface area contributed by atoms with E-state index in [1.807, 2.05) is 49.4 Å². The summed E-state index contributed by atoms with van der Waals surface area (Å²) in [5.74, 6) is 0.746. The maximum absolute atomic E-state index is 13.0. The molecule has 29 heavy (non-hydrogen) atoms. The van der Waals surface area contributed by atoms with Crippen LogP contribution >= 0.6 is 11.6 Å². The molecular weight excluding hydrogens is 386 g/mol. The minimum Gasteiger partial charge on any atom is -0.497 e. The van der Waals surface area contributed by atoms with Gasteiger partial charge in [-0.25, -0.2) is 9.78 Å². The number of carbonyl (C=O) groups excluding carboxylic acids is 1. The Bertz CT molecular complexity index is 1190. The Balaban J connectivity index is 1.80. The molecule has 0 amide bonds. The third kappa shape index (κ3) is 4.08. The van der Waals surface area contributed by atoms with Gasteiger partial charge in [0, 0.05) is 16.0 Å². The molecule has 0 spiro atoms. The van der Waals surface area contributed by atoms with Crippen molar-refractivity contribution in [1.29, 1.82) is 0 Å². The summed E-state index contributed by atoms with van der Waals surface area (Å²) in [5, 5.41) is 1.33. The highest BCUT2D eigenvalue weighted by molar-refractivity contribution is 6.30. The van der Waals surface area contributed by atoms with Crippen LogP contribution in [0.25, 0.3) is 22.2 Å². The van der Waals surface area contributed by atoms with Gasteiger partial charge in [0.15, 0.2) is 0 Å². The zero-order chi connectivity index (χ0) is 20.4. The highest BCUT2D eigenvalue weighted by atomic mass is 35.5. The molecule has 4 aromatic rings. The van der Waals surface area contributed by atoms with Crippen molar-refractivity contribution < 1.29 is 14.3 Å². The summed E-state index contributed by atoms with van der Waals surface area (Å²) in [7, 11) is 1.62. The minimum atomic E-state index is -0.444. The number of aromatic nitrogens is 1. The quantitative estimate of drug-likeness (QED) is 0.305. The molecule has 1 aromatic heterocycles. The van der Waals surface area contributed by atoms with E-state index in [9.17, 15) is 4.79 Å². The average Bonchev–Trinajstić information content (AvgIpc) is 2.74. The fourth-order valence-electron chi connectivity index (χ4n) is 3.08. The predicted octanol–water partition coefficient (Wildman–Crippen LogP) is 6.09. The van der Waals surface area contributed by atoms with Gasteiger partial charge in [-0.15, -0.1) is 0 Å². The first-order valence-corrected chi connectivity index (χ1v) is 9.45. The van der Waals surface area contributed by atoms with E-state index in [4.69, 9.17) is 26.1 Å². The van der Waals surface area contributed by atoms with Gasteiger partial charge in [-0.05, 0) is 73.7 Å². The maximum Gasteiger partial charge on any atom is 0.344 e. The zero-order valence-electron chi connectivity index (χ0n) is 16.0. The number of hydrogen-bond donors (Lipinski definition) is 0. The number of ether oxygens (including phenoxy) is 2. The van der Waals surface area contributed by atoms with Gasteiger partial charge in [-0.2, -0.15) is 0 Å². The molecule has 144 valence electrons. The highest BCUT2D eigenvalue weighted by Gasteiger charge is 2.16. The first kappa shape index (κ1) is 19.0. The SMILES string of the molecule is COc1ccc(-c2cc(C(=O)Oc3ccc(Cl)cc3)c3cc(C)ccc3n2)cc1. The van der Waals surface area contributed by atoms with Crippen molar-refractivity contribution in [3.63, 3.8) is 0 Å². The fourth-order valence-corrected chi connectivity index (χ4v) is 3.21. The molecule has 5 heteroatoms. The summed E-state index contributed by atoms with van der Waals surface area (Å²) in [6, 6.07) is 21.8. The lowest BCUT2D eigenvalue weighted by molar-refractivity contribution is 0.0737. The van der Waals surface area contributed by atoms with E-state index >= 15 is 0 Å². The third-order valence-corrected chi connectivity index (χ3v) is 4.85. The molecule has 0 atom stereocenters. The molecule has 4 rings (SSSR count). The molecule has 0 aliphatic heterocycles. The van der Waals surface area contributed by atoms with Gasteiger partial charge in [-0.3, -0.25) is 0 Å². The minimum absolute atomic E-state index is 0.433. The molecule has 0 aliphatic rings. The second kappa shape index (κ2) is 7.94. The summed E-state index contributed by atoms with van der Waals surface area (Å²) in [6.07, 6.45) is 0. The van der Waals surface area contributed by atoms with Crippen LogP contribution in [0.1, 0.15) is 15.9 Å². The molecule has 4 nitrogen and oxygen atoms in total.